The summed E-state index contributed by atoms with van der Waals surface area (Å²) in [7, 11) is 0. The first kappa shape index (κ1) is 14.5. The summed E-state index contributed by atoms with van der Waals surface area (Å²) in [6, 6.07) is 10.8. The first-order chi connectivity index (χ1) is 9.95. The molecule has 0 aliphatic rings. The number of nitrogens with zero attached hydrogens (tertiary/aromatic N) is 1. The molecular weight excluding hydrogens is 272 g/mol. The van der Waals surface area contributed by atoms with Crippen molar-refractivity contribution in [3.8, 4) is 5.75 Å². The summed E-state index contributed by atoms with van der Waals surface area (Å²) < 4.78 is 0. The topological polar surface area (TPSA) is 92.5 Å². The molecule has 2 rings (SSSR count). The second-order valence-corrected chi connectivity index (χ2v) is 4.67. The third kappa shape index (κ3) is 3.79. The molecular formula is C15H14N2O4. The number of hydrogen-bond donors (Lipinski definition) is 2. The van der Waals surface area contributed by atoms with Crippen LogP contribution in [0.25, 0.3) is 0 Å². The molecule has 0 saturated carbocycles. The first-order valence-corrected chi connectivity index (χ1v) is 6.28. The number of nitrogens with one attached hydrogen (secondary N) is 1. The van der Waals surface area contributed by atoms with E-state index in [-0.39, 0.29) is 23.5 Å². The van der Waals surface area contributed by atoms with Crippen molar-refractivity contribution in [3.05, 3.63) is 69.3 Å². The minimum Gasteiger partial charge on any atom is -0.508 e. The predicted molar refractivity (Wildman–Crippen MR) is 77.1 cm³/mol. The second kappa shape index (κ2) is 6.04. The number of nitro benzene ring substituents is 1. The SMILES string of the molecule is Cc1cc(C(=O)NCc2cccc(O)c2)cc([N+](=O)[O-])c1. The maximum absolute atomic E-state index is 12.0. The van der Waals surface area contributed by atoms with Gasteiger partial charge < -0.3 is 10.4 Å². The van der Waals surface area contributed by atoms with Crippen LogP contribution in [0, 0.1) is 17.0 Å². The van der Waals surface area contributed by atoms with E-state index in [9.17, 15) is 20.0 Å². The Morgan fingerprint density at radius 2 is 2.05 bits per heavy atom. The van der Waals surface area contributed by atoms with Gasteiger partial charge in [-0.25, -0.2) is 0 Å². The van der Waals surface area contributed by atoms with Gasteiger partial charge in [0.2, 0.25) is 0 Å². The molecule has 2 N–H and O–H groups in total. The average Bonchev–Trinajstić information content (AvgIpc) is 2.44. The zero-order valence-electron chi connectivity index (χ0n) is 11.4. The number of non-ortho nitro benzene ring substituents is 1. The molecule has 6 heteroatoms. The third-order valence-corrected chi connectivity index (χ3v) is 2.90. The summed E-state index contributed by atoms with van der Waals surface area (Å²) in [6.07, 6.45) is 0. The fourth-order valence-corrected chi connectivity index (χ4v) is 1.95. The van der Waals surface area contributed by atoms with Gasteiger partial charge in [-0.15, -0.1) is 0 Å². The molecule has 108 valence electrons. The Bertz CT molecular complexity index is 698. The fraction of sp³-hybridized carbons (Fsp3) is 0.133. The number of aryl methyl sites for hydroxylation is 1. The summed E-state index contributed by atoms with van der Waals surface area (Å²) in [6.45, 7) is 1.92. The highest BCUT2D eigenvalue weighted by Crippen LogP contribution is 2.17. The summed E-state index contributed by atoms with van der Waals surface area (Å²) in [5.74, 6) is -0.280. The van der Waals surface area contributed by atoms with Gasteiger partial charge in [0.15, 0.2) is 0 Å². The van der Waals surface area contributed by atoms with E-state index < -0.39 is 10.8 Å². The highest BCUT2D eigenvalue weighted by molar-refractivity contribution is 5.95. The number of aromatic hydroxyl groups is 1. The first-order valence-electron chi connectivity index (χ1n) is 6.28. The van der Waals surface area contributed by atoms with Crippen molar-refractivity contribution in [2.24, 2.45) is 0 Å². The molecule has 2 aromatic rings. The van der Waals surface area contributed by atoms with Crippen LogP contribution >= 0.6 is 0 Å². The number of rotatable bonds is 4. The van der Waals surface area contributed by atoms with Gasteiger partial charge in [0.05, 0.1) is 4.92 Å². The largest absolute Gasteiger partial charge is 0.508 e. The molecule has 0 aliphatic carbocycles. The van der Waals surface area contributed by atoms with Crippen molar-refractivity contribution in [1.29, 1.82) is 0 Å². The van der Waals surface area contributed by atoms with E-state index in [0.29, 0.717) is 5.56 Å². The van der Waals surface area contributed by atoms with Crippen molar-refractivity contribution < 1.29 is 14.8 Å². The molecule has 0 aromatic heterocycles. The number of benzene rings is 2. The predicted octanol–water partition coefficient (Wildman–Crippen LogP) is 2.54. The summed E-state index contributed by atoms with van der Waals surface area (Å²) in [4.78, 5) is 22.3. The van der Waals surface area contributed by atoms with Gasteiger partial charge >= 0.3 is 0 Å². The number of carbonyl (C=O) groups is 1. The zero-order chi connectivity index (χ0) is 15.4. The van der Waals surface area contributed by atoms with Gasteiger partial charge in [-0.05, 0) is 36.2 Å². The highest BCUT2D eigenvalue weighted by atomic mass is 16.6. The van der Waals surface area contributed by atoms with Crippen LogP contribution in [-0.4, -0.2) is 15.9 Å². The Hall–Kier alpha value is -2.89. The van der Waals surface area contributed by atoms with Crippen LogP contribution in [0.1, 0.15) is 21.5 Å². The Morgan fingerprint density at radius 3 is 2.71 bits per heavy atom. The Balaban J connectivity index is 2.12. The van der Waals surface area contributed by atoms with E-state index in [4.69, 9.17) is 0 Å². The molecule has 0 atom stereocenters. The second-order valence-electron chi connectivity index (χ2n) is 4.67. The maximum atomic E-state index is 12.0. The molecule has 1 amide bonds. The lowest BCUT2D eigenvalue weighted by Crippen LogP contribution is -2.22. The van der Waals surface area contributed by atoms with Crippen molar-refractivity contribution >= 4 is 11.6 Å². The van der Waals surface area contributed by atoms with Gasteiger partial charge in [-0.2, -0.15) is 0 Å². The summed E-state index contributed by atoms with van der Waals surface area (Å²) >= 11 is 0. The molecule has 0 heterocycles. The molecule has 0 saturated heterocycles. The molecule has 0 spiro atoms. The lowest BCUT2D eigenvalue weighted by Gasteiger charge is -2.06. The molecule has 0 aliphatic heterocycles. The average molecular weight is 286 g/mol. The maximum Gasteiger partial charge on any atom is 0.270 e. The minimum absolute atomic E-state index is 0.113. The number of amides is 1. The van der Waals surface area contributed by atoms with Gasteiger partial charge in [0, 0.05) is 24.2 Å². The number of phenols is 1. The molecule has 0 bridgehead atoms. The Kier molecular flexibility index (Phi) is 4.18. The van der Waals surface area contributed by atoms with E-state index in [1.54, 1.807) is 31.2 Å². The monoisotopic (exact) mass is 286 g/mol. The van der Waals surface area contributed by atoms with Crippen molar-refractivity contribution in [2.75, 3.05) is 0 Å². The molecule has 2 aromatic carbocycles. The van der Waals surface area contributed by atoms with Crippen LogP contribution in [0.3, 0.4) is 0 Å². The molecule has 0 fully saturated rings. The normalized spacial score (nSPS) is 10.1. The van der Waals surface area contributed by atoms with Crippen LogP contribution in [0.2, 0.25) is 0 Å². The van der Waals surface area contributed by atoms with Crippen LogP contribution in [0.15, 0.2) is 42.5 Å². The van der Waals surface area contributed by atoms with Crippen LogP contribution < -0.4 is 5.32 Å². The molecule has 21 heavy (non-hydrogen) atoms. The van der Waals surface area contributed by atoms with Gasteiger partial charge in [0.1, 0.15) is 5.75 Å². The standard InChI is InChI=1S/C15H14N2O4/c1-10-5-12(8-13(6-10)17(20)21)15(19)16-9-11-3-2-4-14(18)7-11/h2-8,18H,9H2,1H3,(H,16,19). The lowest BCUT2D eigenvalue weighted by molar-refractivity contribution is -0.384. The van der Waals surface area contributed by atoms with Gasteiger partial charge in [-0.3, -0.25) is 14.9 Å². The van der Waals surface area contributed by atoms with E-state index in [1.807, 2.05) is 0 Å². The van der Waals surface area contributed by atoms with Crippen LogP contribution in [0.4, 0.5) is 5.69 Å². The molecule has 6 nitrogen and oxygen atoms in total. The summed E-state index contributed by atoms with van der Waals surface area (Å²) in [5.41, 5.74) is 1.51. The lowest BCUT2D eigenvalue weighted by atomic mass is 10.1. The van der Waals surface area contributed by atoms with Crippen molar-refractivity contribution in [1.82, 2.24) is 5.32 Å². The smallest absolute Gasteiger partial charge is 0.270 e. The van der Waals surface area contributed by atoms with Gasteiger partial charge in [0.25, 0.3) is 11.6 Å². The Labute approximate surface area is 121 Å². The van der Waals surface area contributed by atoms with E-state index in [0.717, 1.165) is 5.56 Å². The van der Waals surface area contributed by atoms with Crippen LogP contribution in [0.5, 0.6) is 5.75 Å². The number of nitro groups is 1. The van der Waals surface area contributed by atoms with Crippen molar-refractivity contribution in [2.45, 2.75) is 13.5 Å². The molecule has 0 unspecified atom stereocenters. The van der Waals surface area contributed by atoms with E-state index >= 15 is 0 Å². The Morgan fingerprint density at radius 1 is 1.29 bits per heavy atom. The van der Waals surface area contributed by atoms with Gasteiger partial charge in [-0.1, -0.05) is 12.1 Å². The number of hydrogen-bond acceptors (Lipinski definition) is 4. The van der Waals surface area contributed by atoms with Crippen molar-refractivity contribution in [3.63, 3.8) is 0 Å². The zero-order valence-corrected chi connectivity index (χ0v) is 11.4. The number of carbonyl (C=O) groups excluding carboxylic acids is 1. The third-order valence-electron chi connectivity index (χ3n) is 2.90. The summed E-state index contributed by atoms with van der Waals surface area (Å²) in [5, 5.41) is 22.8. The fourth-order valence-electron chi connectivity index (χ4n) is 1.95. The van der Waals surface area contributed by atoms with E-state index in [2.05, 4.69) is 5.32 Å². The quantitative estimate of drug-likeness (QED) is 0.667. The van der Waals surface area contributed by atoms with E-state index in [1.165, 1.54) is 18.2 Å². The number of phenolic OH excluding ortho intramolecular Hbond substituents is 1. The van der Waals surface area contributed by atoms with Crippen LogP contribution in [-0.2, 0) is 6.54 Å². The minimum atomic E-state index is -0.529. The highest BCUT2D eigenvalue weighted by Gasteiger charge is 2.13. The molecule has 0 radical (unpaired) electrons.